The van der Waals surface area contributed by atoms with Crippen LogP contribution in [0.15, 0.2) is 42.0 Å². The van der Waals surface area contributed by atoms with Crippen LogP contribution in [-0.2, 0) is 0 Å². The molecule has 0 bridgehead atoms. The topological polar surface area (TPSA) is 65.0 Å². The lowest BCUT2D eigenvalue weighted by Gasteiger charge is -2.18. The highest BCUT2D eigenvalue weighted by Crippen LogP contribution is 2.34. The Morgan fingerprint density at radius 3 is 2.68 bits per heavy atom. The Kier molecular flexibility index (Phi) is 2.79. The average Bonchev–Trinajstić information content (AvgIpc) is 2.98. The summed E-state index contributed by atoms with van der Waals surface area (Å²) in [6, 6.07) is 10.00. The Bertz CT molecular complexity index is 807. The van der Waals surface area contributed by atoms with Crippen LogP contribution in [-0.4, -0.2) is 24.3 Å². The lowest BCUT2D eigenvalue weighted by atomic mass is 9.98. The zero-order valence-electron chi connectivity index (χ0n) is 11.5. The molecule has 0 fully saturated rings. The maximum atomic E-state index is 12.5. The number of ether oxygens (including phenoxy) is 3. The Morgan fingerprint density at radius 2 is 1.77 bits per heavy atom. The third-order valence-electron chi connectivity index (χ3n) is 3.62. The minimum absolute atomic E-state index is 0.0417. The number of phenols is 1. The van der Waals surface area contributed by atoms with Crippen molar-refractivity contribution in [2.75, 3.05) is 13.4 Å². The van der Waals surface area contributed by atoms with Gasteiger partial charge in [0.25, 0.3) is 0 Å². The molecule has 2 aliphatic heterocycles. The van der Waals surface area contributed by atoms with Crippen LogP contribution in [0.1, 0.15) is 15.9 Å². The van der Waals surface area contributed by atoms with Gasteiger partial charge in [-0.25, -0.2) is 0 Å². The standard InChI is InChI=1S/C17H12O5/c18-12-2-4-14-13(7-12)17(19)11(8-20-14)5-10-1-3-15-16(6-10)22-9-21-15/h1-7,18H,8-9H2/b11-5-. The van der Waals surface area contributed by atoms with Crippen molar-refractivity contribution in [2.45, 2.75) is 0 Å². The van der Waals surface area contributed by atoms with Gasteiger partial charge in [-0.2, -0.15) is 0 Å². The molecule has 0 spiro atoms. The summed E-state index contributed by atoms with van der Waals surface area (Å²) >= 11 is 0. The van der Waals surface area contributed by atoms with E-state index < -0.39 is 0 Å². The molecule has 4 rings (SSSR count). The van der Waals surface area contributed by atoms with Crippen molar-refractivity contribution in [1.29, 1.82) is 0 Å². The van der Waals surface area contributed by atoms with E-state index in [-0.39, 0.29) is 24.9 Å². The molecule has 110 valence electrons. The van der Waals surface area contributed by atoms with Crippen molar-refractivity contribution >= 4 is 11.9 Å². The first-order chi connectivity index (χ1) is 10.7. The van der Waals surface area contributed by atoms with Gasteiger partial charge in [0.2, 0.25) is 6.79 Å². The molecule has 0 saturated heterocycles. The first-order valence-corrected chi connectivity index (χ1v) is 6.81. The number of ketones is 1. The average molecular weight is 296 g/mol. The summed E-state index contributed by atoms with van der Waals surface area (Å²) < 4.78 is 16.2. The Labute approximate surface area is 126 Å². The minimum Gasteiger partial charge on any atom is -0.508 e. The van der Waals surface area contributed by atoms with Gasteiger partial charge in [-0.15, -0.1) is 0 Å². The van der Waals surface area contributed by atoms with Crippen LogP contribution in [0.4, 0.5) is 0 Å². The third kappa shape index (κ3) is 2.07. The van der Waals surface area contributed by atoms with E-state index in [9.17, 15) is 9.90 Å². The van der Waals surface area contributed by atoms with Crippen molar-refractivity contribution in [3.8, 4) is 23.0 Å². The first-order valence-electron chi connectivity index (χ1n) is 6.81. The molecule has 2 aromatic rings. The molecule has 0 unspecified atom stereocenters. The molecule has 0 atom stereocenters. The van der Waals surface area contributed by atoms with E-state index in [2.05, 4.69) is 0 Å². The zero-order chi connectivity index (χ0) is 15.1. The fraction of sp³-hybridized carbons (Fsp3) is 0.118. The van der Waals surface area contributed by atoms with Crippen molar-refractivity contribution in [3.63, 3.8) is 0 Å². The molecule has 22 heavy (non-hydrogen) atoms. The normalized spacial score (nSPS) is 17.3. The van der Waals surface area contributed by atoms with Gasteiger partial charge >= 0.3 is 0 Å². The van der Waals surface area contributed by atoms with Crippen LogP contribution < -0.4 is 14.2 Å². The number of fused-ring (bicyclic) bond motifs is 2. The highest BCUT2D eigenvalue weighted by atomic mass is 16.7. The van der Waals surface area contributed by atoms with Gasteiger partial charge in [0.15, 0.2) is 17.3 Å². The number of rotatable bonds is 1. The third-order valence-corrected chi connectivity index (χ3v) is 3.62. The molecule has 0 amide bonds. The van der Waals surface area contributed by atoms with E-state index in [1.165, 1.54) is 12.1 Å². The van der Waals surface area contributed by atoms with Gasteiger partial charge in [0.05, 0.1) is 5.56 Å². The lowest BCUT2D eigenvalue weighted by molar-refractivity contribution is 0.100. The number of carbonyl (C=O) groups is 1. The highest BCUT2D eigenvalue weighted by molar-refractivity contribution is 6.14. The molecule has 2 aliphatic rings. The highest BCUT2D eigenvalue weighted by Gasteiger charge is 2.24. The second-order valence-corrected chi connectivity index (χ2v) is 5.08. The molecule has 5 nitrogen and oxygen atoms in total. The van der Waals surface area contributed by atoms with Crippen molar-refractivity contribution < 1.29 is 24.1 Å². The molecule has 0 saturated carbocycles. The van der Waals surface area contributed by atoms with Crippen LogP contribution in [0.5, 0.6) is 23.0 Å². The lowest BCUT2D eigenvalue weighted by Crippen LogP contribution is -2.18. The number of phenolic OH excluding ortho intramolecular Hbond substituents is 1. The van der Waals surface area contributed by atoms with Gasteiger partial charge < -0.3 is 19.3 Å². The first kappa shape index (κ1) is 12.8. The summed E-state index contributed by atoms with van der Waals surface area (Å²) in [4.78, 5) is 12.5. The Morgan fingerprint density at radius 1 is 0.955 bits per heavy atom. The molecule has 1 N–H and O–H groups in total. The molecule has 2 aromatic carbocycles. The number of aromatic hydroxyl groups is 1. The molecular formula is C17H12O5. The van der Waals surface area contributed by atoms with Gasteiger partial charge in [-0.3, -0.25) is 4.79 Å². The van der Waals surface area contributed by atoms with Gasteiger partial charge in [0, 0.05) is 5.57 Å². The molecule has 2 heterocycles. The summed E-state index contributed by atoms with van der Waals surface area (Å²) in [7, 11) is 0. The van der Waals surface area contributed by atoms with E-state index in [0.717, 1.165) is 5.56 Å². The minimum atomic E-state index is -0.144. The largest absolute Gasteiger partial charge is 0.508 e. The molecule has 0 aromatic heterocycles. The van der Waals surface area contributed by atoms with E-state index in [4.69, 9.17) is 14.2 Å². The van der Waals surface area contributed by atoms with Crippen LogP contribution in [0, 0.1) is 0 Å². The van der Waals surface area contributed by atoms with Gasteiger partial charge in [-0.1, -0.05) is 6.07 Å². The van der Waals surface area contributed by atoms with E-state index in [0.29, 0.717) is 28.4 Å². The van der Waals surface area contributed by atoms with Crippen LogP contribution in [0.3, 0.4) is 0 Å². The number of hydrogen-bond donors (Lipinski definition) is 1. The summed E-state index contributed by atoms with van der Waals surface area (Å²) in [5.41, 5.74) is 1.73. The van der Waals surface area contributed by atoms with E-state index in [1.54, 1.807) is 12.1 Å². The van der Waals surface area contributed by atoms with Crippen LogP contribution >= 0.6 is 0 Å². The molecule has 5 heteroatoms. The van der Waals surface area contributed by atoms with Crippen molar-refractivity contribution in [2.24, 2.45) is 0 Å². The molecule has 0 aliphatic carbocycles. The SMILES string of the molecule is O=C1/C(=C\c2ccc3c(c2)OCO3)COc2ccc(O)cc21. The fourth-order valence-corrected chi connectivity index (χ4v) is 2.53. The Hall–Kier alpha value is -2.95. The second kappa shape index (κ2) is 4.80. The quantitative estimate of drug-likeness (QED) is 0.820. The summed E-state index contributed by atoms with van der Waals surface area (Å²) in [6.45, 7) is 0.412. The number of hydrogen-bond acceptors (Lipinski definition) is 5. The number of benzene rings is 2. The van der Waals surface area contributed by atoms with Crippen molar-refractivity contribution in [1.82, 2.24) is 0 Å². The summed E-state index contributed by atoms with van der Waals surface area (Å²) in [5, 5.41) is 9.53. The zero-order valence-corrected chi connectivity index (χ0v) is 11.5. The second-order valence-electron chi connectivity index (χ2n) is 5.08. The maximum absolute atomic E-state index is 12.5. The summed E-state index contributed by atoms with van der Waals surface area (Å²) in [5.74, 6) is 1.75. The predicted octanol–water partition coefficient (Wildman–Crippen LogP) is 2.78. The summed E-state index contributed by atoms with van der Waals surface area (Å²) in [6.07, 6.45) is 1.76. The molecule has 0 radical (unpaired) electrons. The molecular weight excluding hydrogens is 284 g/mol. The van der Waals surface area contributed by atoms with Gasteiger partial charge in [0.1, 0.15) is 18.1 Å². The Balaban J connectivity index is 1.70. The van der Waals surface area contributed by atoms with Crippen LogP contribution in [0.25, 0.3) is 6.08 Å². The van der Waals surface area contributed by atoms with E-state index in [1.807, 2.05) is 18.2 Å². The fourth-order valence-electron chi connectivity index (χ4n) is 2.53. The number of carbonyl (C=O) groups excluding carboxylic acids is 1. The van der Waals surface area contributed by atoms with Gasteiger partial charge in [-0.05, 0) is 42.0 Å². The smallest absolute Gasteiger partial charge is 0.231 e. The van der Waals surface area contributed by atoms with Crippen molar-refractivity contribution in [3.05, 3.63) is 53.1 Å². The maximum Gasteiger partial charge on any atom is 0.231 e. The van der Waals surface area contributed by atoms with Crippen LogP contribution in [0.2, 0.25) is 0 Å². The van der Waals surface area contributed by atoms with E-state index >= 15 is 0 Å². The monoisotopic (exact) mass is 296 g/mol. The number of Topliss-reactive ketones (excluding diaryl/α,β-unsaturated/α-hetero) is 1. The predicted molar refractivity (Wildman–Crippen MR) is 78.5 cm³/mol.